The Hall–Kier alpha value is -2.16. The van der Waals surface area contributed by atoms with Crippen LogP contribution < -0.4 is 10.6 Å². The van der Waals surface area contributed by atoms with Crippen molar-refractivity contribution >= 4 is 16.7 Å². The number of rotatable bonds is 9. The topological polar surface area (TPSA) is 78.4 Å². The third kappa shape index (κ3) is 6.93. The van der Waals surface area contributed by atoms with Crippen LogP contribution in [0.25, 0.3) is 0 Å². The molecule has 0 aromatic heterocycles. The number of aliphatic hydroxyl groups is 1. The van der Waals surface area contributed by atoms with Gasteiger partial charge in [0.2, 0.25) is 5.91 Å². The zero-order chi connectivity index (χ0) is 24.9. The molecule has 0 bridgehead atoms. The van der Waals surface area contributed by atoms with Crippen molar-refractivity contribution in [2.45, 2.75) is 63.6 Å². The lowest BCUT2D eigenvalue weighted by molar-refractivity contribution is -0.120. The van der Waals surface area contributed by atoms with E-state index >= 15 is 0 Å². The fourth-order valence-corrected chi connectivity index (χ4v) is 5.89. The van der Waals surface area contributed by atoms with Gasteiger partial charge in [-0.3, -0.25) is 9.00 Å². The van der Waals surface area contributed by atoms with Crippen LogP contribution in [0.3, 0.4) is 0 Å². The summed E-state index contributed by atoms with van der Waals surface area (Å²) in [6, 6.07) is 10.8. The molecule has 1 aliphatic rings. The lowest BCUT2D eigenvalue weighted by Gasteiger charge is -2.40. The molecule has 1 aliphatic heterocycles. The average molecular weight is 493 g/mol. The van der Waals surface area contributed by atoms with E-state index in [1.165, 1.54) is 24.6 Å². The smallest absolute Gasteiger partial charge is 0.217 e. The van der Waals surface area contributed by atoms with E-state index in [0.29, 0.717) is 35.8 Å². The molecule has 1 amide bonds. The maximum absolute atomic E-state index is 13.7. The Morgan fingerprint density at radius 3 is 2.35 bits per heavy atom. The highest BCUT2D eigenvalue weighted by Crippen LogP contribution is 2.34. The maximum Gasteiger partial charge on any atom is 0.217 e. The normalized spacial score (nSPS) is 22.4. The Kier molecular flexibility index (Phi) is 8.95. The van der Waals surface area contributed by atoms with Crippen molar-refractivity contribution in [1.29, 1.82) is 0 Å². The Morgan fingerprint density at radius 1 is 1.12 bits per heavy atom. The first-order chi connectivity index (χ1) is 16.1. The molecular formula is C26H34F2N2O3S. The zero-order valence-corrected chi connectivity index (χ0v) is 20.8. The van der Waals surface area contributed by atoms with Crippen molar-refractivity contribution in [3.8, 4) is 0 Å². The lowest BCUT2D eigenvalue weighted by atomic mass is 9.82. The first-order valence-corrected chi connectivity index (χ1v) is 13.2. The SMILES string of the molecule is CC(=O)N[C@@H](Cc1cc(F)cc(F)c1)[C@H](O)CNC1(c2cccc(C(C)C)c2)CCS(=O)CC1. The lowest BCUT2D eigenvalue weighted by Crippen LogP contribution is -2.54. The second-order valence-electron chi connectivity index (χ2n) is 9.45. The molecule has 3 N–H and O–H groups in total. The number of hydrogen-bond acceptors (Lipinski definition) is 4. The van der Waals surface area contributed by atoms with E-state index in [9.17, 15) is 22.9 Å². The van der Waals surface area contributed by atoms with Gasteiger partial charge in [-0.25, -0.2) is 8.78 Å². The van der Waals surface area contributed by atoms with Crippen molar-refractivity contribution in [2.24, 2.45) is 0 Å². The summed E-state index contributed by atoms with van der Waals surface area (Å²) in [5.41, 5.74) is 2.19. The molecule has 5 nitrogen and oxygen atoms in total. The molecule has 186 valence electrons. The van der Waals surface area contributed by atoms with Crippen LogP contribution in [0.15, 0.2) is 42.5 Å². The summed E-state index contributed by atoms with van der Waals surface area (Å²) in [7, 11) is -0.867. The van der Waals surface area contributed by atoms with E-state index in [2.05, 4.69) is 42.7 Å². The highest BCUT2D eigenvalue weighted by atomic mass is 32.2. The summed E-state index contributed by atoms with van der Waals surface area (Å²) in [5, 5.41) is 17.3. The predicted molar refractivity (Wildman–Crippen MR) is 131 cm³/mol. The molecule has 2 atom stereocenters. The quantitative estimate of drug-likeness (QED) is 0.501. The summed E-state index contributed by atoms with van der Waals surface area (Å²) >= 11 is 0. The minimum atomic E-state index is -1.01. The Bertz CT molecular complexity index is 1000. The fraction of sp³-hybridized carbons (Fsp3) is 0.500. The molecule has 0 radical (unpaired) electrons. The van der Waals surface area contributed by atoms with Crippen LogP contribution in [0.1, 0.15) is 56.2 Å². The number of nitrogens with one attached hydrogen (secondary N) is 2. The van der Waals surface area contributed by atoms with Crippen LogP contribution in [0.4, 0.5) is 8.78 Å². The molecule has 1 heterocycles. The van der Waals surface area contributed by atoms with Gasteiger partial charge in [0.1, 0.15) is 11.6 Å². The van der Waals surface area contributed by atoms with Gasteiger partial charge in [0.15, 0.2) is 0 Å². The van der Waals surface area contributed by atoms with Crippen LogP contribution >= 0.6 is 0 Å². The van der Waals surface area contributed by atoms with E-state index < -0.39 is 40.1 Å². The standard InChI is InChI=1S/C26H34F2N2O3S/c1-17(2)20-5-4-6-21(14-20)26(7-9-34(33)10-8-26)29-16-25(32)24(30-18(3)31)13-19-11-22(27)15-23(28)12-19/h4-6,11-12,14-15,17,24-25,29,32H,7-10,13,16H2,1-3H3,(H,30,31)/t24-,25+,26?,34?/m0/s1. The third-order valence-electron chi connectivity index (χ3n) is 6.50. The van der Waals surface area contributed by atoms with E-state index in [0.717, 1.165) is 11.6 Å². The Balaban J connectivity index is 1.81. The van der Waals surface area contributed by atoms with E-state index in [1.54, 1.807) is 0 Å². The van der Waals surface area contributed by atoms with E-state index in [-0.39, 0.29) is 18.9 Å². The second kappa shape index (κ2) is 11.5. The largest absolute Gasteiger partial charge is 0.390 e. The molecule has 8 heteroatoms. The summed E-state index contributed by atoms with van der Waals surface area (Å²) in [4.78, 5) is 11.8. The van der Waals surface area contributed by atoms with Crippen molar-refractivity contribution in [1.82, 2.24) is 10.6 Å². The van der Waals surface area contributed by atoms with Crippen LogP contribution in [-0.4, -0.2) is 45.4 Å². The predicted octanol–water partition coefficient (Wildman–Crippen LogP) is 3.52. The zero-order valence-electron chi connectivity index (χ0n) is 19.9. The Morgan fingerprint density at radius 2 is 1.76 bits per heavy atom. The van der Waals surface area contributed by atoms with Gasteiger partial charge in [-0.2, -0.15) is 0 Å². The minimum Gasteiger partial charge on any atom is -0.390 e. The maximum atomic E-state index is 13.7. The Labute approximate surface area is 202 Å². The molecule has 0 aliphatic carbocycles. The molecule has 2 aromatic carbocycles. The van der Waals surface area contributed by atoms with E-state index in [1.807, 2.05) is 6.07 Å². The summed E-state index contributed by atoms with van der Waals surface area (Å²) in [5.74, 6) is -0.268. The molecule has 0 saturated carbocycles. The van der Waals surface area contributed by atoms with Crippen LogP contribution in [0, 0.1) is 11.6 Å². The number of carbonyl (C=O) groups excluding carboxylic acids is 1. The highest BCUT2D eigenvalue weighted by Gasteiger charge is 2.37. The van der Waals surface area contributed by atoms with Gasteiger partial charge in [-0.05, 0) is 54.0 Å². The minimum absolute atomic E-state index is 0.0803. The number of carbonyl (C=O) groups is 1. The summed E-state index contributed by atoms with van der Waals surface area (Å²) < 4.78 is 39.4. The summed E-state index contributed by atoms with van der Waals surface area (Å²) in [6.07, 6.45) is 0.395. The average Bonchev–Trinajstić information content (AvgIpc) is 2.77. The molecule has 34 heavy (non-hydrogen) atoms. The monoisotopic (exact) mass is 492 g/mol. The summed E-state index contributed by atoms with van der Waals surface area (Å²) in [6.45, 7) is 5.76. The third-order valence-corrected chi connectivity index (χ3v) is 7.82. The number of hydrogen-bond donors (Lipinski definition) is 3. The molecule has 0 unspecified atom stereocenters. The van der Waals surface area contributed by atoms with Gasteiger partial charge in [-0.1, -0.05) is 38.1 Å². The number of halogens is 2. The number of benzene rings is 2. The van der Waals surface area contributed by atoms with Gasteiger partial charge in [0, 0.05) is 47.4 Å². The van der Waals surface area contributed by atoms with Crippen molar-refractivity contribution in [3.05, 3.63) is 70.8 Å². The van der Waals surface area contributed by atoms with Gasteiger partial charge < -0.3 is 15.7 Å². The molecule has 1 fully saturated rings. The fourth-order valence-electron chi connectivity index (χ4n) is 4.54. The van der Waals surface area contributed by atoms with Gasteiger partial charge in [-0.15, -0.1) is 0 Å². The number of aliphatic hydroxyl groups excluding tert-OH is 1. The molecular weight excluding hydrogens is 458 g/mol. The second-order valence-corrected chi connectivity index (χ2v) is 11.1. The molecule has 2 aromatic rings. The van der Waals surface area contributed by atoms with Crippen LogP contribution in [-0.2, 0) is 27.6 Å². The molecule has 3 rings (SSSR count). The molecule has 1 saturated heterocycles. The van der Waals surface area contributed by atoms with Crippen molar-refractivity contribution < 1.29 is 22.9 Å². The first kappa shape index (κ1) is 26.4. The van der Waals surface area contributed by atoms with Gasteiger partial charge >= 0.3 is 0 Å². The molecule has 0 spiro atoms. The number of amides is 1. The highest BCUT2D eigenvalue weighted by molar-refractivity contribution is 7.85. The van der Waals surface area contributed by atoms with Gasteiger partial charge in [0.25, 0.3) is 0 Å². The van der Waals surface area contributed by atoms with Crippen molar-refractivity contribution in [2.75, 3.05) is 18.1 Å². The van der Waals surface area contributed by atoms with E-state index in [4.69, 9.17) is 0 Å². The van der Waals surface area contributed by atoms with Gasteiger partial charge in [0.05, 0.1) is 12.1 Å². The van der Waals surface area contributed by atoms with Crippen LogP contribution in [0.2, 0.25) is 0 Å². The first-order valence-electron chi connectivity index (χ1n) is 11.7. The van der Waals surface area contributed by atoms with Crippen LogP contribution in [0.5, 0.6) is 0 Å². The van der Waals surface area contributed by atoms with Crippen molar-refractivity contribution in [3.63, 3.8) is 0 Å².